The summed E-state index contributed by atoms with van der Waals surface area (Å²) in [4.78, 5) is 32.5. The van der Waals surface area contributed by atoms with Crippen LogP contribution in [0.3, 0.4) is 0 Å². The van der Waals surface area contributed by atoms with Gasteiger partial charge in [0.05, 0.1) is 31.0 Å². The fraction of sp³-hybridized carbons (Fsp3) is 0.760. The Morgan fingerprint density at radius 3 is 2.00 bits per heavy atom. The molecule has 2 aromatic heterocycles. The number of imidazole rings is 1. The molecule has 11 heteroatoms. The van der Waals surface area contributed by atoms with Gasteiger partial charge < -0.3 is 24.7 Å². The van der Waals surface area contributed by atoms with Gasteiger partial charge in [-0.2, -0.15) is 0 Å². The first kappa shape index (κ1) is 38.5. The average Bonchev–Trinajstić information content (AvgIpc) is 3.24. The molecule has 1 unspecified atom stereocenters. The van der Waals surface area contributed by atoms with Gasteiger partial charge in [-0.05, 0) is 26.7 Å². The van der Waals surface area contributed by atoms with Crippen LogP contribution in [0, 0.1) is 11.8 Å². The Balaban J connectivity index is -0.000000549. The smallest absolute Gasteiger partial charge is 0.309 e. The molecule has 0 aliphatic heterocycles. The van der Waals surface area contributed by atoms with E-state index in [1.807, 2.05) is 83.1 Å². The molecule has 0 aromatic carbocycles. The number of nitrogens with two attached hydrogens (primary N) is 1. The number of aromatic nitrogens is 4. The van der Waals surface area contributed by atoms with Gasteiger partial charge >= 0.3 is 5.97 Å². The summed E-state index contributed by atoms with van der Waals surface area (Å²) in [5.74, 6) is 0.611. The molecule has 212 valence electrons. The van der Waals surface area contributed by atoms with Gasteiger partial charge in [0.15, 0.2) is 11.5 Å². The third kappa shape index (κ3) is 16.6. The lowest BCUT2D eigenvalue weighted by Gasteiger charge is -2.16. The third-order valence-electron chi connectivity index (χ3n) is 4.21. The highest BCUT2D eigenvalue weighted by molar-refractivity contribution is 7.56. The summed E-state index contributed by atoms with van der Waals surface area (Å²) in [5.41, 5.74) is 6.85. The monoisotopic (exact) mass is 533 g/mol. The second-order valence-electron chi connectivity index (χ2n) is 8.00. The second kappa shape index (κ2) is 21.1. The first-order valence-electron chi connectivity index (χ1n) is 12.8. The van der Waals surface area contributed by atoms with Crippen molar-refractivity contribution in [3.05, 3.63) is 12.7 Å². The molecule has 0 radical (unpaired) electrons. The first-order valence-corrected chi connectivity index (χ1v) is 15.1. The van der Waals surface area contributed by atoms with E-state index in [0.717, 1.165) is 0 Å². The van der Waals surface area contributed by atoms with Crippen molar-refractivity contribution in [2.45, 2.75) is 102 Å². The lowest BCUT2D eigenvalue weighted by molar-refractivity contribution is -0.153. The third-order valence-corrected chi connectivity index (χ3v) is 4.83. The van der Waals surface area contributed by atoms with E-state index in [1.165, 1.54) is 13.0 Å². The Morgan fingerprint density at radius 1 is 1.03 bits per heavy atom. The molecule has 0 bridgehead atoms. The van der Waals surface area contributed by atoms with Crippen LogP contribution in [0.4, 0.5) is 5.82 Å². The van der Waals surface area contributed by atoms with Crippen LogP contribution in [0.2, 0.25) is 0 Å². The topological polar surface area (TPSA) is 142 Å². The number of ether oxygens (including phenoxy) is 2. The van der Waals surface area contributed by atoms with Gasteiger partial charge in [0.25, 0.3) is 0 Å². The van der Waals surface area contributed by atoms with Gasteiger partial charge in [0.2, 0.25) is 7.37 Å². The minimum absolute atomic E-state index is 0.00343. The maximum absolute atomic E-state index is 11.2. The van der Waals surface area contributed by atoms with E-state index in [1.54, 1.807) is 10.9 Å². The number of carbonyl (C=O) groups is 1. The number of rotatable bonds is 8. The highest BCUT2D eigenvalue weighted by Crippen LogP contribution is 2.35. The summed E-state index contributed by atoms with van der Waals surface area (Å²) >= 11 is 0. The molecule has 36 heavy (non-hydrogen) atoms. The van der Waals surface area contributed by atoms with Crippen LogP contribution >= 0.6 is 7.37 Å². The standard InChI is InChI=1S/C10H16N5O3P.C9H18O2.3C2H6/c1-7(18-6-19(2,16)17)3-15-5-14-8-9(11)12-4-13-10(8)15;1-6(2)8(5)9(10)11-7(3)4;3*1-2/h4-5,7H,3,6H2,1-2H3,(H,16,17)(H2,11,12,13);6-8H,1-5H3;3*1-2H3/t7-;8-;;;/m10.../s1. The van der Waals surface area contributed by atoms with Crippen LogP contribution < -0.4 is 5.73 Å². The van der Waals surface area contributed by atoms with Crippen molar-refractivity contribution in [3.63, 3.8) is 0 Å². The molecule has 0 aliphatic carbocycles. The molecule has 3 atom stereocenters. The van der Waals surface area contributed by atoms with Gasteiger partial charge in [0, 0.05) is 6.66 Å². The van der Waals surface area contributed by atoms with Crippen LogP contribution in [0.15, 0.2) is 12.7 Å². The summed E-state index contributed by atoms with van der Waals surface area (Å²) in [7, 11) is -3.16. The van der Waals surface area contributed by atoms with Crippen molar-refractivity contribution in [1.82, 2.24) is 19.5 Å². The number of anilines is 1. The highest BCUT2D eigenvalue weighted by atomic mass is 31.2. The Kier molecular flexibility index (Phi) is 22.6. The predicted molar refractivity (Wildman–Crippen MR) is 150 cm³/mol. The average molecular weight is 534 g/mol. The van der Waals surface area contributed by atoms with E-state index in [9.17, 15) is 14.3 Å². The summed E-state index contributed by atoms with van der Waals surface area (Å²) in [5, 5.41) is 0. The van der Waals surface area contributed by atoms with Crippen molar-refractivity contribution >= 4 is 30.3 Å². The van der Waals surface area contributed by atoms with Crippen LogP contribution in [0.5, 0.6) is 0 Å². The molecular weight excluding hydrogens is 481 g/mol. The molecule has 2 heterocycles. The number of hydrogen-bond donors (Lipinski definition) is 2. The zero-order valence-corrected chi connectivity index (χ0v) is 25.7. The van der Waals surface area contributed by atoms with Gasteiger partial charge in [0.1, 0.15) is 18.2 Å². The Hall–Kier alpha value is -2.03. The number of nitrogens with zero attached hydrogens (tertiary/aromatic N) is 4. The quantitative estimate of drug-likeness (QED) is 0.309. The van der Waals surface area contributed by atoms with Crippen molar-refractivity contribution in [3.8, 4) is 0 Å². The molecule has 3 N–H and O–H groups in total. The van der Waals surface area contributed by atoms with E-state index >= 15 is 0 Å². The van der Waals surface area contributed by atoms with Crippen molar-refractivity contribution in [2.24, 2.45) is 11.8 Å². The lowest BCUT2D eigenvalue weighted by Crippen LogP contribution is -2.22. The molecule has 2 rings (SSSR count). The van der Waals surface area contributed by atoms with Crippen molar-refractivity contribution in [2.75, 3.05) is 18.7 Å². The Bertz CT molecular complexity index is 868. The maximum atomic E-state index is 11.2. The number of fused-ring (bicyclic) bond motifs is 1. The second-order valence-corrected chi connectivity index (χ2v) is 10.4. The summed E-state index contributed by atoms with van der Waals surface area (Å²) in [6.07, 6.45) is 2.56. The van der Waals surface area contributed by atoms with Crippen LogP contribution in [-0.4, -0.2) is 55.6 Å². The van der Waals surface area contributed by atoms with E-state index < -0.39 is 7.37 Å². The number of hydrogen-bond acceptors (Lipinski definition) is 8. The van der Waals surface area contributed by atoms with E-state index in [-0.39, 0.29) is 30.4 Å². The highest BCUT2D eigenvalue weighted by Gasteiger charge is 2.18. The normalized spacial score (nSPS) is 13.3. The number of nitrogen functional groups attached to an aromatic ring is 1. The van der Waals surface area contributed by atoms with Gasteiger partial charge in [-0.25, -0.2) is 15.0 Å². The van der Waals surface area contributed by atoms with Crippen molar-refractivity contribution < 1.29 is 23.7 Å². The lowest BCUT2D eigenvalue weighted by atomic mass is 9.98. The molecule has 0 saturated carbocycles. The fourth-order valence-electron chi connectivity index (χ4n) is 2.24. The minimum Gasteiger partial charge on any atom is -0.463 e. The molecular formula is C25H52N5O5P. The number of carbonyl (C=O) groups excluding carboxylic acids is 1. The molecule has 10 nitrogen and oxygen atoms in total. The molecule has 0 fully saturated rings. The zero-order valence-electron chi connectivity index (χ0n) is 24.8. The van der Waals surface area contributed by atoms with Crippen LogP contribution in [0.25, 0.3) is 11.2 Å². The first-order chi connectivity index (χ1) is 16.8. The largest absolute Gasteiger partial charge is 0.463 e. The molecule has 0 saturated heterocycles. The van der Waals surface area contributed by atoms with Gasteiger partial charge in [-0.15, -0.1) is 0 Å². The fourth-order valence-corrected chi connectivity index (χ4v) is 2.77. The van der Waals surface area contributed by atoms with Gasteiger partial charge in [-0.3, -0.25) is 9.36 Å². The van der Waals surface area contributed by atoms with Crippen molar-refractivity contribution in [1.29, 1.82) is 0 Å². The summed E-state index contributed by atoms with van der Waals surface area (Å²) < 4.78 is 23.3. The SMILES string of the molecule is CC.CC.CC.CC(C)OC(=O)[C@@H](C)C(C)C.C[C@H](Cn1cnc2c(N)ncnc21)OCP(C)(=O)O. The predicted octanol–water partition coefficient (Wildman–Crippen LogP) is 5.98. The molecule has 2 aromatic rings. The minimum atomic E-state index is -3.16. The van der Waals surface area contributed by atoms with E-state index in [4.69, 9.17) is 15.2 Å². The Morgan fingerprint density at radius 2 is 1.56 bits per heavy atom. The summed E-state index contributed by atoms with van der Waals surface area (Å²) in [6.45, 7) is 25.2. The van der Waals surface area contributed by atoms with Crippen LogP contribution in [0.1, 0.15) is 83.1 Å². The van der Waals surface area contributed by atoms with E-state index in [0.29, 0.717) is 29.4 Å². The summed E-state index contributed by atoms with van der Waals surface area (Å²) in [6, 6.07) is 0. The molecule has 0 amide bonds. The zero-order chi connectivity index (χ0) is 29.1. The molecule has 0 spiro atoms. The van der Waals surface area contributed by atoms with Gasteiger partial charge in [-0.1, -0.05) is 62.3 Å². The maximum Gasteiger partial charge on any atom is 0.309 e. The van der Waals surface area contributed by atoms with Crippen LogP contribution in [-0.2, 0) is 25.4 Å². The molecule has 0 aliphatic rings. The Labute approximate surface area is 218 Å². The van der Waals surface area contributed by atoms with E-state index in [2.05, 4.69) is 15.0 Å². The number of esters is 1.